The van der Waals surface area contributed by atoms with Gasteiger partial charge in [-0.3, -0.25) is 4.79 Å². The molecule has 0 saturated carbocycles. The lowest BCUT2D eigenvalue weighted by Crippen LogP contribution is -2.29. The molecule has 20 heavy (non-hydrogen) atoms. The number of fused-ring (bicyclic) bond motifs is 1. The molecule has 0 unspecified atom stereocenters. The van der Waals surface area contributed by atoms with Gasteiger partial charge in [-0.25, -0.2) is 0 Å². The Morgan fingerprint density at radius 2 is 2.25 bits per heavy atom. The Bertz CT molecular complexity index is 575. The van der Waals surface area contributed by atoms with Crippen LogP contribution in [0.2, 0.25) is 0 Å². The van der Waals surface area contributed by atoms with Gasteiger partial charge >= 0.3 is 0 Å². The zero-order valence-corrected chi connectivity index (χ0v) is 11.5. The fourth-order valence-corrected chi connectivity index (χ4v) is 1.85. The summed E-state index contributed by atoms with van der Waals surface area (Å²) in [5.74, 6) is 1.09. The molecule has 5 heteroatoms. The molecule has 5 nitrogen and oxygen atoms in total. The van der Waals surface area contributed by atoms with Gasteiger partial charge in [-0.1, -0.05) is 6.07 Å². The van der Waals surface area contributed by atoms with Gasteiger partial charge in [-0.15, -0.1) is 0 Å². The van der Waals surface area contributed by atoms with E-state index in [1.807, 2.05) is 18.2 Å². The monoisotopic (exact) mass is 272 g/mol. The molecule has 0 saturated heterocycles. The first kappa shape index (κ1) is 13.9. The van der Waals surface area contributed by atoms with Gasteiger partial charge in [0.2, 0.25) is 12.7 Å². The van der Waals surface area contributed by atoms with Gasteiger partial charge in [0.25, 0.3) is 0 Å². The standard InChI is InChI=1S/C15H16N2O3/c1-11(8-16)9-17(2)15(18)6-4-12-3-5-13-14(7-12)20-10-19-13/h3-7,11H,9-10H2,1-2H3/b6-4-/t11-/m0/s1. The molecule has 1 amide bonds. The zero-order chi connectivity index (χ0) is 14.5. The highest BCUT2D eigenvalue weighted by molar-refractivity contribution is 5.91. The second kappa shape index (κ2) is 6.11. The van der Waals surface area contributed by atoms with E-state index >= 15 is 0 Å². The smallest absolute Gasteiger partial charge is 0.246 e. The van der Waals surface area contributed by atoms with Crippen molar-refractivity contribution in [3.63, 3.8) is 0 Å². The van der Waals surface area contributed by atoms with E-state index in [4.69, 9.17) is 14.7 Å². The maximum atomic E-state index is 11.9. The summed E-state index contributed by atoms with van der Waals surface area (Å²) in [6, 6.07) is 7.60. The van der Waals surface area contributed by atoms with Crippen molar-refractivity contribution in [2.24, 2.45) is 5.92 Å². The van der Waals surface area contributed by atoms with E-state index in [1.165, 1.54) is 11.0 Å². The van der Waals surface area contributed by atoms with Crippen molar-refractivity contribution in [2.75, 3.05) is 20.4 Å². The van der Waals surface area contributed by atoms with Crippen molar-refractivity contribution in [3.05, 3.63) is 29.8 Å². The molecule has 104 valence electrons. The number of carbonyl (C=O) groups excluding carboxylic acids is 1. The average molecular weight is 272 g/mol. The van der Waals surface area contributed by atoms with Crippen LogP contribution in [0.5, 0.6) is 11.5 Å². The number of ether oxygens (including phenoxy) is 2. The maximum absolute atomic E-state index is 11.9. The minimum atomic E-state index is -0.178. The number of likely N-dealkylation sites (N-methyl/N-ethyl adjacent to an activating group) is 1. The molecule has 2 rings (SSSR count). The lowest BCUT2D eigenvalue weighted by Gasteiger charge is -2.15. The Morgan fingerprint density at radius 3 is 3.00 bits per heavy atom. The summed E-state index contributed by atoms with van der Waals surface area (Å²) in [4.78, 5) is 13.4. The van der Waals surface area contributed by atoms with Crippen LogP contribution in [0.25, 0.3) is 6.08 Å². The third-order valence-electron chi connectivity index (χ3n) is 2.96. The molecule has 1 aliphatic heterocycles. The molecule has 0 radical (unpaired) electrons. The lowest BCUT2D eigenvalue weighted by atomic mass is 10.1. The molecule has 1 atom stereocenters. The van der Waals surface area contributed by atoms with Gasteiger partial charge in [0.15, 0.2) is 11.5 Å². The fraction of sp³-hybridized carbons (Fsp3) is 0.333. The molecule has 0 N–H and O–H groups in total. The minimum absolute atomic E-state index is 0.134. The summed E-state index contributed by atoms with van der Waals surface area (Å²) >= 11 is 0. The van der Waals surface area contributed by atoms with Crippen molar-refractivity contribution in [1.29, 1.82) is 5.26 Å². The van der Waals surface area contributed by atoms with Crippen molar-refractivity contribution in [1.82, 2.24) is 4.90 Å². The van der Waals surface area contributed by atoms with Crippen LogP contribution in [0.3, 0.4) is 0 Å². The van der Waals surface area contributed by atoms with Crippen LogP contribution in [0.4, 0.5) is 0 Å². The minimum Gasteiger partial charge on any atom is -0.454 e. The molecule has 1 aromatic carbocycles. The van der Waals surface area contributed by atoms with Gasteiger partial charge in [0.05, 0.1) is 12.0 Å². The van der Waals surface area contributed by atoms with Crippen LogP contribution in [-0.2, 0) is 4.79 Å². The van der Waals surface area contributed by atoms with Gasteiger partial charge in [0.1, 0.15) is 0 Å². The van der Waals surface area contributed by atoms with Crippen LogP contribution in [0.1, 0.15) is 12.5 Å². The number of amides is 1. The summed E-state index contributed by atoms with van der Waals surface area (Å²) in [5.41, 5.74) is 0.865. The van der Waals surface area contributed by atoms with Crippen molar-refractivity contribution in [3.8, 4) is 17.6 Å². The summed E-state index contributed by atoms with van der Waals surface area (Å²) in [7, 11) is 1.68. The van der Waals surface area contributed by atoms with Crippen LogP contribution in [0.15, 0.2) is 24.3 Å². The molecule has 0 aliphatic carbocycles. The Kier molecular flexibility index (Phi) is 4.26. The molecule has 0 aromatic heterocycles. The second-order valence-electron chi connectivity index (χ2n) is 4.69. The van der Waals surface area contributed by atoms with Gasteiger partial charge < -0.3 is 14.4 Å². The first-order valence-corrected chi connectivity index (χ1v) is 6.32. The third kappa shape index (κ3) is 3.29. The average Bonchev–Trinajstić information content (AvgIpc) is 2.91. The van der Waals surface area contributed by atoms with Crippen LogP contribution in [-0.4, -0.2) is 31.2 Å². The van der Waals surface area contributed by atoms with E-state index in [2.05, 4.69) is 6.07 Å². The molecule has 0 fully saturated rings. The number of carbonyl (C=O) groups is 1. The van der Waals surface area contributed by atoms with Crippen molar-refractivity contribution in [2.45, 2.75) is 6.92 Å². The van der Waals surface area contributed by atoms with E-state index in [1.54, 1.807) is 20.0 Å². The Morgan fingerprint density at radius 1 is 1.50 bits per heavy atom. The van der Waals surface area contributed by atoms with Crippen LogP contribution in [0, 0.1) is 17.2 Å². The number of rotatable bonds is 4. The molecule has 0 bridgehead atoms. The molecular formula is C15H16N2O3. The Hall–Kier alpha value is -2.48. The summed E-state index contributed by atoms with van der Waals surface area (Å²) in [6.07, 6.45) is 3.21. The SMILES string of the molecule is C[C@@H](C#N)CN(C)C(=O)/C=C\c1ccc2c(c1)OCO2. The lowest BCUT2D eigenvalue weighted by molar-refractivity contribution is -0.125. The summed E-state index contributed by atoms with van der Waals surface area (Å²) in [6.45, 7) is 2.43. The van der Waals surface area contributed by atoms with Gasteiger partial charge in [0, 0.05) is 19.7 Å². The van der Waals surface area contributed by atoms with E-state index in [0.29, 0.717) is 18.0 Å². The quantitative estimate of drug-likeness (QED) is 0.787. The largest absolute Gasteiger partial charge is 0.454 e. The molecular weight excluding hydrogens is 256 g/mol. The molecule has 1 heterocycles. The van der Waals surface area contributed by atoms with E-state index in [9.17, 15) is 4.79 Å². The second-order valence-corrected chi connectivity index (χ2v) is 4.69. The summed E-state index contributed by atoms with van der Waals surface area (Å²) in [5, 5.41) is 8.73. The first-order chi connectivity index (χ1) is 9.60. The topological polar surface area (TPSA) is 62.6 Å². The van der Waals surface area contributed by atoms with Crippen molar-refractivity contribution < 1.29 is 14.3 Å². The molecule has 1 aromatic rings. The predicted octanol–water partition coefficient (Wildman–Crippen LogP) is 2.05. The highest BCUT2D eigenvalue weighted by Crippen LogP contribution is 2.32. The van der Waals surface area contributed by atoms with E-state index in [0.717, 1.165) is 5.56 Å². The van der Waals surface area contributed by atoms with Crippen LogP contribution < -0.4 is 9.47 Å². The predicted molar refractivity (Wildman–Crippen MR) is 74.0 cm³/mol. The summed E-state index contributed by atoms with van der Waals surface area (Å²) < 4.78 is 10.5. The number of benzene rings is 1. The Balaban J connectivity index is 1.99. The Labute approximate surface area is 118 Å². The first-order valence-electron chi connectivity index (χ1n) is 6.32. The molecule has 0 spiro atoms. The number of nitriles is 1. The van der Waals surface area contributed by atoms with Gasteiger partial charge in [-0.2, -0.15) is 5.26 Å². The third-order valence-corrected chi connectivity index (χ3v) is 2.96. The number of hydrogen-bond acceptors (Lipinski definition) is 4. The highest BCUT2D eigenvalue weighted by atomic mass is 16.7. The van der Waals surface area contributed by atoms with E-state index in [-0.39, 0.29) is 18.6 Å². The zero-order valence-electron chi connectivity index (χ0n) is 11.5. The van der Waals surface area contributed by atoms with Crippen molar-refractivity contribution >= 4 is 12.0 Å². The van der Waals surface area contributed by atoms with Crippen LogP contribution >= 0.6 is 0 Å². The number of hydrogen-bond donors (Lipinski definition) is 0. The van der Waals surface area contributed by atoms with E-state index < -0.39 is 0 Å². The normalized spacial score (nSPS) is 14.1. The maximum Gasteiger partial charge on any atom is 0.246 e. The fourth-order valence-electron chi connectivity index (χ4n) is 1.85. The number of nitrogens with zero attached hydrogens (tertiary/aromatic N) is 2. The highest BCUT2D eigenvalue weighted by Gasteiger charge is 2.13. The van der Waals surface area contributed by atoms with Gasteiger partial charge in [-0.05, 0) is 30.7 Å². The molecule has 1 aliphatic rings.